The molecule has 0 radical (unpaired) electrons. The summed E-state index contributed by atoms with van der Waals surface area (Å²) in [5, 5.41) is 0. The lowest BCUT2D eigenvalue weighted by atomic mass is 10.0. The Morgan fingerprint density at radius 1 is 1.25 bits per heavy atom. The minimum Gasteiger partial charge on any atom is -0.466 e. The lowest BCUT2D eigenvalue weighted by Crippen LogP contribution is -2.30. The summed E-state index contributed by atoms with van der Waals surface area (Å²) < 4.78 is 4.94. The van der Waals surface area contributed by atoms with Crippen molar-refractivity contribution in [1.82, 2.24) is 4.90 Å². The van der Waals surface area contributed by atoms with Crippen LogP contribution in [0.4, 0.5) is 0 Å². The summed E-state index contributed by atoms with van der Waals surface area (Å²) >= 11 is 0. The largest absolute Gasteiger partial charge is 0.466 e. The fourth-order valence-corrected chi connectivity index (χ4v) is 2.49. The first-order chi connectivity index (χ1) is 9.78. The van der Waals surface area contributed by atoms with Gasteiger partial charge in [0.25, 0.3) is 0 Å². The molecule has 1 aliphatic rings. The van der Waals surface area contributed by atoms with Crippen LogP contribution < -0.4 is 0 Å². The van der Waals surface area contributed by atoms with Gasteiger partial charge >= 0.3 is 5.97 Å². The summed E-state index contributed by atoms with van der Waals surface area (Å²) in [5.74, 6) is -0.119. The molecule has 0 unspecified atom stereocenters. The van der Waals surface area contributed by atoms with E-state index in [0.717, 1.165) is 32.5 Å². The lowest BCUT2D eigenvalue weighted by molar-refractivity contribution is -0.142. The molecule has 0 bridgehead atoms. The second-order valence-corrected chi connectivity index (χ2v) is 5.13. The van der Waals surface area contributed by atoms with Crippen molar-refractivity contribution >= 4 is 5.97 Å². The maximum atomic E-state index is 11.3. The quantitative estimate of drug-likeness (QED) is 0.609. The van der Waals surface area contributed by atoms with Crippen molar-refractivity contribution in [2.45, 2.75) is 32.7 Å². The number of hydrogen-bond donors (Lipinski definition) is 0. The highest BCUT2D eigenvalue weighted by Crippen LogP contribution is 2.18. The van der Waals surface area contributed by atoms with Crippen LogP contribution in [0.3, 0.4) is 0 Å². The van der Waals surface area contributed by atoms with Crippen LogP contribution in [0.25, 0.3) is 0 Å². The van der Waals surface area contributed by atoms with Crippen LogP contribution in [0.2, 0.25) is 0 Å². The second-order valence-electron chi connectivity index (χ2n) is 5.13. The fraction of sp³-hybridized carbons (Fsp3) is 0.471. The molecule has 0 N–H and O–H groups in total. The van der Waals surface area contributed by atoms with Crippen molar-refractivity contribution in [2.24, 2.45) is 0 Å². The monoisotopic (exact) mass is 273 g/mol. The Bertz CT molecular complexity index is 443. The first-order valence-corrected chi connectivity index (χ1v) is 7.37. The molecule has 0 atom stereocenters. The Morgan fingerprint density at radius 2 is 1.95 bits per heavy atom. The Balaban J connectivity index is 1.75. The van der Waals surface area contributed by atoms with Gasteiger partial charge < -0.3 is 4.74 Å². The number of carbonyl (C=O) groups is 1. The van der Waals surface area contributed by atoms with Gasteiger partial charge in [0.2, 0.25) is 0 Å². The molecule has 0 aromatic heterocycles. The Labute approximate surface area is 121 Å². The third-order valence-corrected chi connectivity index (χ3v) is 3.61. The predicted octanol–water partition coefficient (Wildman–Crippen LogP) is 3.16. The summed E-state index contributed by atoms with van der Waals surface area (Å²) in [6.45, 7) is 5.47. The van der Waals surface area contributed by atoms with Crippen molar-refractivity contribution in [3.63, 3.8) is 0 Å². The zero-order chi connectivity index (χ0) is 14.2. The van der Waals surface area contributed by atoms with E-state index in [1.165, 1.54) is 11.1 Å². The molecule has 1 fully saturated rings. The zero-order valence-electron chi connectivity index (χ0n) is 12.2. The first kappa shape index (κ1) is 14.8. The van der Waals surface area contributed by atoms with E-state index in [9.17, 15) is 4.79 Å². The van der Waals surface area contributed by atoms with Gasteiger partial charge in [-0.15, -0.1) is 0 Å². The molecule has 3 heteroatoms. The number of benzene rings is 1. The Hall–Kier alpha value is -1.61. The second kappa shape index (κ2) is 7.85. The van der Waals surface area contributed by atoms with Gasteiger partial charge in [-0.2, -0.15) is 0 Å². The van der Waals surface area contributed by atoms with E-state index in [1.807, 2.05) is 6.92 Å². The molecule has 20 heavy (non-hydrogen) atoms. The minimum atomic E-state index is -0.119. The number of piperidine rings is 1. The van der Waals surface area contributed by atoms with Crippen LogP contribution in [-0.4, -0.2) is 30.6 Å². The number of esters is 1. The molecular formula is C17H23NO2. The smallest absolute Gasteiger partial charge is 0.309 e. The summed E-state index contributed by atoms with van der Waals surface area (Å²) in [7, 11) is 0. The normalized spacial score (nSPS) is 15.9. The van der Waals surface area contributed by atoms with Gasteiger partial charge in [-0.25, -0.2) is 0 Å². The third kappa shape index (κ3) is 4.82. The van der Waals surface area contributed by atoms with Gasteiger partial charge in [-0.1, -0.05) is 42.0 Å². The van der Waals surface area contributed by atoms with Crippen LogP contribution in [-0.2, 0) is 16.1 Å². The van der Waals surface area contributed by atoms with Gasteiger partial charge in [-0.3, -0.25) is 9.69 Å². The van der Waals surface area contributed by atoms with E-state index in [1.54, 1.807) is 0 Å². The number of likely N-dealkylation sites (tertiary alicyclic amines) is 1. The average molecular weight is 273 g/mol. The van der Waals surface area contributed by atoms with Crippen molar-refractivity contribution in [3.05, 3.63) is 47.5 Å². The molecule has 1 aromatic carbocycles. The molecule has 1 aromatic rings. The fourth-order valence-electron chi connectivity index (χ4n) is 2.49. The summed E-state index contributed by atoms with van der Waals surface area (Å²) in [6, 6.07) is 10.6. The average Bonchev–Trinajstić information content (AvgIpc) is 2.48. The highest BCUT2D eigenvalue weighted by atomic mass is 16.5. The van der Waals surface area contributed by atoms with E-state index in [0.29, 0.717) is 13.0 Å². The maximum Gasteiger partial charge on any atom is 0.309 e. The number of carbonyl (C=O) groups excluding carboxylic acids is 1. The summed E-state index contributed by atoms with van der Waals surface area (Å²) in [6.07, 6.45) is 4.60. The standard InChI is InChI=1S/C17H23NO2/c1-2-20-17(19)9-8-15-10-12-18(13-11-15)14-16-6-4-3-5-7-16/h3-8H,2,9-14H2,1H3. The van der Waals surface area contributed by atoms with Gasteiger partial charge in [-0.05, 0) is 25.3 Å². The van der Waals surface area contributed by atoms with Crippen molar-refractivity contribution in [2.75, 3.05) is 19.7 Å². The van der Waals surface area contributed by atoms with Gasteiger partial charge in [0.1, 0.15) is 0 Å². The molecule has 0 amide bonds. The molecule has 2 rings (SSSR count). The van der Waals surface area contributed by atoms with Gasteiger partial charge in [0.05, 0.1) is 13.0 Å². The van der Waals surface area contributed by atoms with E-state index in [2.05, 4.69) is 41.3 Å². The summed E-state index contributed by atoms with van der Waals surface area (Å²) in [4.78, 5) is 13.8. The molecule has 108 valence electrons. The molecule has 1 heterocycles. The summed E-state index contributed by atoms with van der Waals surface area (Å²) in [5.41, 5.74) is 2.76. The number of hydrogen-bond acceptors (Lipinski definition) is 3. The molecule has 0 aliphatic carbocycles. The topological polar surface area (TPSA) is 29.5 Å². The maximum absolute atomic E-state index is 11.3. The van der Waals surface area contributed by atoms with Crippen molar-refractivity contribution < 1.29 is 9.53 Å². The van der Waals surface area contributed by atoms with Gasteiger partial charge in [0, 0.05) is 19.6 Å². The van der Waals surface area contributed by atoms with E-state index >= 15 is 0 Å². The van der Waals surface area contributed by atoms with Crippen LogP contribution in [0.15, 0.2) is 42.0 Å². The molecule has 1 saturated heterocycles. The number of rotatable bonds is 5. The lowest BCUT2D eigenvalue weighted by Gasteiger charge is -2.28. The SMILES string of the molecule is CCOC(=O)CC=C1CCN(Cc2ccccc2)CC1. The molecule has 0 spiro atoms. The van der Waals surface area contributed by atoms with Crippen LogP contribution >= 0.6 is 0 Å². The van der Waals surface area contributed by atoms with Gasteiger partial charge in [0.15, 0.2) is 0 Å². The Morgan fingerprint density at radius 3 is 2.60 bits per heavy atom. The number of ether oxygens (including phenoxy) is 1. The zero-order valence-corrected chi connectivity index (χ0v) is 12.2. The molecule has 3 nitrogen and oxygen atoms in total. The predicted molar refractivity (Wildman–Crippen MR) is 80.3 cm³/mol. The van der Waals surface area contributed by atoms with E-state index < -0.39 is 0 Å². The highest BCUT2D eigenvalue weighted by molar-refractivity contribution is 5.71. The van der Waals surface area contributed by atoms with Crippen LogP contribution in [0, 0.1) is 0 Å². The highest BCUT2D eigenvalue weighted by Gasteiger charge is 2.14. The van der Waals surface area contributed by atoms with Crippen LogP contribution in [0.5, 0.6) is 0 Å². The Kier molecular flexibility index (Phi) is 5.81. The molecule has 1 aliphatic heterocycles. The minimum absolute atomic E-state index is 0.119. The molecular weight excluding hydrogens is 250 g/mol. The third-order valence-electron chi connectivity index (χ3n) is 3.61. The van der Waals surface area contributed by atoms with E-state index in [4.69, 9.17) is 4.74 Å². The molecule has 0 saturated carbocycles. The van der Waals surface area contributed by atoms with Crippen LogP contribution in [0.1, 0.15) is 31.7 Å². The number of nitrogens with zero attached hydrogens (tertiary/aromatic N) is 1. The van der Waals surface area contributed by atoms with Crippen molar-refractivity contribution in [1.29, 1.82) is 0 Å². The van der Waals surface area contributed by atoms with E-state index in [-0.39, 0.29) is 5.97 Å². The first-order valence-electron chi connectivity index (χ1n) is 7.37. The van der Waals surface area contributed by atoms with Crippen molar-refractivity contribution in [3.8, 4) is 0 Å².